The highest BCUT2D eigenvalue weighted by atomic mass is 32.2. The Labute approximate surface area is 157 Å². The summed E-state index contributed by atoms with van der Waals surface area (Å²) >= 11 is 0. The van der Waals surface area contributed by atoms with Gasteiger partial charge in [-0.1, -0.05) is 0 Å². The second-order valence-corrected chi connectivity index (χ2v) is 7.81. The number of carbonyl (C=O) groups is 1. The first-order valence-electron chi connectivity index (χ1n) is 7.75. The van der Waals surface area contributed by atoms with Crippen LogP contribution < -0.4 is 10.0 Å². The summed E-state index contributed by atoms with van der Waals surface area (Å²) in [4.78, 5) is 11.8. The molecule has 1 heterocycles. The van der Waals surface area contributed by atoms with Crippen molar-refractivity contribution >= 4 is 21.6 Å². The number of nitrogens with zero attached hydrogens (tertiary/aromatic N) is 1. The van der Waals surface area contributed by atoms with Crippen LogP contribution in [0.25, 0.3) is 0 Å². The molecule has 0 radical (unpaired) electrons. The van der Waals surface area contributed by atoms with Crippen molar-refractivity contribution in [3.8, 4) is 0 Å². The van der Waals surface area contributed by atoms with Gasteiger partial charge < -0.3 is 9.88 Å². The van der Waals surface area contributed by atoms with Gasteiger partial charge in [-0.2, -0.15) is 17.9 Å². The van der Waals surface area contributed by atoms with E-state index in [-0.39, 0.29) is 16.9 Å². The summed E-state index contributed by atoms with van der Waals surface area (Å²) in [5.41, 5.74) is -0.353. The molecule has 6 nitrogen and oxygen atoms in total. The molecule has 0 spiro atoms. The van der Waals surface area contributed by atoms with Crippen LogP contribution in [0.15, 0.2) is 29.3 Å². The van der Waals surface area contributed by atoms with E-state index in [9.17, 15) is 35.2 Å². The largest absolute Gasteiger partial charge is 0.404 e. The average molecular weight is 425 g/mol. The van der Waals surface area contributed by atoms with Gasteiger partial charge in [0.15, 0.2) is 11.6 Å². The minimum absolute atomic E-state index is 0.0595. The lowest BCUT2D eigenvalue weighted by atomic mass is 10.2. The van der Waals surface area contributed by atoms with Crippen molar-refractivity contribution in [2.24, 2.45) is 7.05 Å². The van der Waals surface area contributed by atoms with E-state index in [1.165, 1.54) is 24.8 Å². The maximum Gasteiger partial charge on any atom is 0.404 e. The van der Waals surface area contributed by atoms with Crippen LogP contribution in [0.5, 0.6) is 0 Å². The summed E-state index contributed by atoms with van der Waals surface area (Å²) in [6, 6.07) is 0.449. The number of hydrogen-bond acceptors (Lipinski definition) is 3. The van der Waals surface area contributed by atoms with Crippen molar-refractivity contribution in [2.45, 2.75) is 31.0 Å². The molecule has 2 aromatic rings. The normalized spacial score (nSPS) is 13.4. The fourth-order valence-corrected chi connectivity index (χ4v) is 3.57. The lowest BCUT2D eigenvalue weighted by molar-refractivity contribution is -0.147. The second kappa shape index (κ2) is 7.51. The quantitative estimate of drug-likeness (QED) is 0.723. The van der Waals surface area contributed by atoms with Crippen molar-refractivity contribution in [2.75, 3.05) is 5.32 Å². The predicted molar refractivity (Wildman–Crippen MR) is 90.3 cm³/mol. The minimum atomic E-state index is -4.79. The molecule has 2 N–H and O–H groups in total. The lowest BCUT2D eigenvalue weighted by Gasteiger charge is -2.16. The molecule has 0 bridgehead atoms. The molecule has 0 saturated carbocycles. The van der Waals surface area contributed by atoms with Gasteiger partial charge >= 0.3 is 6.18 Å². The van der Waals surface area contributed by atoms with Crippen LogP contribution in [-0.2, 0) is 17.1 Å². The first kappa shape index (κ1) is 21.8. The number of aromatic nitrogens is 1. The van der Waals surface area contributed by atoms with Crippen LogP contribution in [0.1, 0.15) is 23.0 Å². The summed E-state index contributed by atoms with van der Waals surface area (Å²) in [5.74, 6) is -3.12. The molecule has 1 aromatic heterocycles. The summed E-state index contributed by atoms with van der Waals surface area (Å²) in [6.07, 6.45) is -3.83. The van der Waals surface area contributed by atoms with Crippen molar-refractivity contribution in [3.05, 3.63) is 47.3 Å². The Bertz CT molecular complexity index is 992. The Balaban J connectivity index is 2.27. The zero-order valence-corrected chi connectivity index (χ0v) is 15.7. The van der Waals surface area contributed by atoms with Gasteiger partial charge in [0.1, 0.15) is 16.6 Å². The fourth-order valence-electron chi connectivity index (χ4n) is 2.27. The van der Waals surface area contributed by atoms with Crippen LogP contribution in [0, 0.1) is 18.6 Å². The second-order valence-electron chi connectivity index (χ2n) is 6.10. The Hall–Kier alpha value is -2.47. The molecule has 0 unspecified atom stereocenters. The van der Waals surface area contributed by atoms with E-state index in [0.29, 0.717) is 6.92 Å². The Kier molecular flexibility index (Phi) is 5.85. The monoisotopic (exact) mass is 425 g/mol. The highest BCUT2D eigenvalue weighted by Gasteiger charge is 2.39. The molecule has 0 fully saturated rings. The first-order chi connectivity index (χ1) is 12.7. The van der Waals surface area contributed by atoms with E-state index in [2.05, 4.69) is 5.32 Å². The molecule has 1 amide bonds. The highest BCUT2D eigenvalue weighted by Crippen LogP contribution is 2.23. The van der Waals surface area contributed by atoms with Gasteiger partial charge in [0.05, 0.1) is 0 Å². The van der Waals surface area contributed by atoms with E-state index in [4.69, 9.17) is 0 Å². The Morgan fingerprint density at radius 3 is 2.32 bits per heavy atom. The molecule has 0 saturated heterocycles. The molecule has 0 aliphatic rings. The molecule has 0 aliphatic heterocycles. The van der Waals surface area contributed by atoms with Crippen LogP contribution in [0.4, 0.5) is 27.6 Å². The number of alkyl halides is 3. The number of anilines is 1. The van der Waals surface area contributed by atoms with Gasteiger partial charge in [0, 0.05) is 25.0 Å². The molecule has 0 aliphatic carbocycles. The number of nitrogens with one attached hydrogen (secondary N) is 2. The number of sulfonamides is 1. The number of hydrogen-bond donors (Lipinski definition) is 2. The zero-order valence-electron chi connectivity index (χ0n) is 14.9. The Morgan fingerprint density at radius 1 is 1.18 bits per heavy atom. The van der Waals surface area contributed by atoms with Gasteiger partial charge in [-0.15, -0.1) is 0 Å². The average Bonchev–Trinajstić information content (AvgIpc) is 2.94. The van der Waals surface area contributed by atoms with Gasteiger partial charge in [-0.25, -0.2) is 17.2 Å². The third-order valence-corrected chi connectivity index (χ3v) is 5.32. The molecule has 2 rings (SSSR count). The van der Waals surface area contributed by atoms with Gasteiger partial charge in [0.2, 0.25) is 10.0 Å². The number of rotatable bonds is 5. The fraction of sp³-hybridized carbons (Fsp3) is 0.312. The third kappa shape index (κ3) is 4.68. The van der Waals surface area contributed by atoms with Gasteiger partial charge in [-0.05, 0) is 31.5 Å². The van der Waals surface area contributed by atoms with Crippen molar-refractivity contribution in [1.29, 1.82) is 0 Å². The first-order valence-corrected chi connectivity index (χ1v) is 9.23. The predicted octanol–water partition coefficient (Wildman–Crippen LogP) is 3.09. The minimum Gasteiger partial charge on any atom is -0.345 e. The maximum atomic E-state index is 13.4. The summed E-state index contributed by atoms with van der Waals surface area (Å²) in [5, 5.41) is 2.28. The number of carbonyl (C=O) groups excluding carboxylic acids is 1. The van der Waals surface area contributed by atoms with Crippen molar-refractivity contribution < 1.29 is 35.2 Å². The van der Waals surface area contributed by atoms with E-state index in [0.717, 1.165) is 22.9 Å². The Morgan fingerprint density at radius 2 is 1.79 bits per heavy atom. The molecule has 12 heteroatoms. The van der Waals surface area contributed by atoms with E-state index in [1.54, 1.807) is 0 Å². The third-order valence-electron chi connectivity index (χ3n) is 3.81. The van der Waals surface area contributed by atoms with E-state index >= 15 is 0 Å². The molecular formula is C16H16F5N3O3S. The maximum absolute atomic E-state index is 13.4. The highest BCUT2D eigenvalue weighted by molar-refractivity contribution is 7.89. The van der Waals surface area contributed by atoms with Crippen LogP contribution >= 0.6 is 0 Å². The number of halogens is 5. The zero-order chi connectivity index (χ0) is 21.4. The smallest absolute Gasteiger partial charge is 0.345 e. The van der Waals surface area contributed by atoms with Crippen LogP contribution in [0.3, 0.4) is 0 Å². The van der Waals surface area contributed by atoms with Crippen molar-refractivity contribution in [1.82, 2.24) is 9.29 Å². The lowest BCUT2D eigenvalue weighted by Crippen LogP contribution is -2.42. The van der Waals surface area contributed by atoms with Gasteiger partial charge in [-0.3, -0.25) is 4.79 Å². The van der Waals surface area contributed by atoms with Crippen LogP contribution in [0.2, 0.25) is 0 Å². The van der Waals surface area contributed by atoms with Gasteiger partial charge in [0.25, 0.3) is 5.91 Å². The summed E-state index contributed by atoms with van der Waals surface area (Å²) in [6.45, 7) is 1.92. The van der Waals surface area contributed by atoms with Crippen LogP contribution in [-0.4, -0.2) is 31.1 Å². The van der Waals surface area contributed by atoms with E-state index in [1.807, 2.05) is 0 Å². The molecular weight excluding hydrogens is 409 g/mol. The number of benzene rings is 1. The molecule has 154 valence electrons. The summed E-state index contributed by atoms with van der Waals surface area (Å²) in [7, 11) is -3.25. The SMILES string of the molecule is Cc1cc(NC(=O)c2cc(S(=O)(=O)N[C@@H](C)C(F)(F)F)cn2C)cc(F)c1F. The number of aryl methyl sites for hydroxylation is 2. The van der Waals surface area contributed by atoms with Crippen molar-refractivity contribution in [3.63, 3.8) is 0 Å². The standard InChI is InChI=1S/C16H16F5N3O3S/c1-8-4-10(5-12(17)14(8)18)22-15(25)13-6-11(7-24(13)3)28(26,27)23-9(2)16(19,20)21/h4-7,9,23H,1-3H3,(H,22,25)/t9-/m0/s1. The molecule has 1 aromatic carbocycles. The molecule has 28 heavy (non-hydrogen) atoms. The summed E-state index contributed by atoms with van der Waals surface area (Å²) < 4.78 is 91.3. The number of amides is 1. The molecule has 1 atom stereocenters. The van der Waals surface area contributed by atoms with E-state index < -0.39 is 44.7 Å². The topological polar surface area (TPSA) is 80.2 Å².